The number of hydrogen-bond acceptors (Lipinski definition) is 3. The summed E-state index contributed by atoms with van der Waals surface area (Å²) in [5.41, 5.74) is 1.58. The molecule has 0 bridgehead atoms. The summed E-state index contributed by atoms with van der Waals surface area (Å²) >= 11 is 2.10. The van der Waals surface area contributed by atoms with E-state index in [1.54, 1.807) is 4.68 Å². The van der Waals surface area contributed by atoms with Crippen LogP contribution in [0.1, 0.15) is 23.0 Å². The fourth-order valence-electron chi connectivity index (χ4n) is 1.37. The van der Waals surface area contributed by atoms with Crippen LogP contribution in [0.25, 0.3) is 0 Å². The number of carbonyl (C=O) groups excluding carboxylic acids is 1. The van der Waals surface area contributed by atoms with E-state index in [1.165, 1.54) is 6.92 Å². The highest BCUT2D eigenvalue weighted by atomic mass is 127. The Bertz CT molecular complexity index is 507. The predicted molar refractivity (Wildman–Crippen MR) is 68.3 cm³/mol. The first-order valence-electron chi connectivity index (χ1n) is 4.82. The maximum Gasteiger partial charge on any atom is 0.182 e. The second-order valence-electron chi connectivity index (χ2n) is 3.43. The molecule has 1 aromatic heterocycles. The number of hydrogen-bond donors (Lipinski definition) is 0. The number of nitrogens with zero attached hydrogens (tertiary/aromatic N) is 3. The standard InChI is InChI=1S/C11H10IN3O/c1-8(16)10-11(12)15(14-13-10)7-9-5-3-2-4-6-9/h2-6H,7H2,1H3. The SMILES string of the molecule is CC(=O)c1nnn(Cc2ccccc2)c1I. The highest BCUT2D eigenvalue weighted by Gasteiger charge is 2.13. The monoisotopic (exact) mass is 327 g/mol. The zero-order valence-electron chi connectivity index (χ0n) is 8.72. The van der Waals surface area contributed by atoms with Crippen molar-refractivity contribution in [3.05, 3.63) is 45.3 Å². The molecule has 1 aromatic carbocycles. The molecule has 0 aliphatic carbocycles. The molecule has 0 unspecified atom stereocenters. The maximum absolute atomic E-state index is 11.2. The second-order valence-corrected chi connectivity index (χ2v) is 4.45. The van der Waals surface area contributed by atoms with E-state index in [9.17, 15) is 4.79 Å². The minimum absolute atomic E-state index is 0.0521. The van der Waals surface area contributed by atoms with E-state index in [2.05, 4.69) is 32.9 Å². The van der Waals surface area contributed by atoms with Gasteiger partial charge in [0.25, 0.3) is 0 Å². The Morgan fingerprint density at radius 3 is 2.62 bits per heavy atom. The summed E-state index contributed by atoms with van der Waals surface area (Å²) in [6, 6.07) is 9.96. The van der Waals surface area contributed by atoms with E-state index in [1.807, 2.05) is 30.3 Å². The largest absolute Gasteiger partial charge is 0.293 e. The van der Waals surface area contributed by atoms with Gasteiger partial charge in [-0.05, 0) is 28.2 Å². The van der Waals surface area contributed by atoms with Crippen LogP contribution in [-0.2, 0) is 6.54 Å². The average Bonchev–Trinajstić information content (AvgIpc) is 2.62. The molecule has 2 aromatic rings. The van der Waals surface area contributed by atoms with Crippen molar-refractivity contribution in [3.63, 3.8) is 0 Å². The Balaban J connectivity index is 2.26. The lowest BCUT2D eigenvalue weighted by molar-refractivity contribution is 0.101. The molecule has 0 saturated heterocycles. The number of carbonyl (C=O) groups is 1. The zero-order chi connectivity index (χ0) is 11.5. The molecule has 0 fully saturated rings. The van der Waals surface area contributed by atoms with Crippen molar-refractivity contribution in [1.29, 1.82) is 0 Å². The second kappa shape index (κ2) is 4.73. The lowest BCUT2D eigenvalue weighted by Gasteiger charge is -2.01. The predicted octanol–water partition coefficient (Wildman–Crippen LogP) is 2.13. The number of rotatable bonds is 3. The summed E-state index contributed by atoms with van der Waals surface area (Å²) < 4.78 is 2.51. The molecule has 0 aliphatic rings. The summed E-state index contributed by atoms with van der Waals surface area (Å²) in [5.74, 6) is -0.0521. The fourth-order valence-corrected chi connectivity index (χ4v) is 2.13. The first kappa shape index (κ1) is 11.3. The van der Waals surface area contributed by atoms with Crippen LogP contribution in [-0.4, -0.2) is 20.8 Å². The van der Waals surface area contributed by atoms with Crippen LogP contribution in [0.5, 0.6) is 0 Å². The molecule has 0 N–H and O–H groups in total. The van der Waals surface area contributed by atoms with Crippen molar-refractivity contribution in [2.24, 2.45) is 0 Å². The van der Waals surface area contributed by atoms with Gasteiger partial charge in [0.1, 0.15) is 3.70 Å². The summed E-state index contributed by atoms with van der Waals surface area (Å²) in [6.07, 6.45) is 0. The minimum Gasteiger partial charge on any atom is -0.293 e. The lowest BCUT2D eigenvalue weighted by atomic mass is 10.2. The normalized spacial score (nSPS) is 10.4. The van der Waals surface area contributed by atoms with Gasteiger partial charge in [0, 0.05) is 6.92 Å². The van der Waals surface area contributed by atoms with Crippen LogP contribution in [0.15, 0.2) is 30.3 Å². The Morgan fingerprint density at radius 2 is 2.06 bits per heavy atom. The summed E-state index contributed by atoms with van der Waals surface area (Å²) in [6.45, 7) is 2.14. The van der Waals surface area contributed by atoms with Crippen molar-refractivity contribution in [3.8, 4) is 0 Å². The zero-order valence-corrected chi connectivity index (χ0v) is 10.9. The van der Waals surface area contributed by atoms with E-state index >= 15 is 0 Å². The van der Waals surface area contributed by atoms with E-state index in [0.717, 1.165) is 9.26 Å². The van der Waals surface area contributed by atoms with Gasteiger partial charge in [-0.1, -0.05) is 35.5 Å². The topological polar surface area (TPSA) is 47.8 Å². The maximum atomic E-state index is 11.2. The van der Waals surface area contributed by atoms with Crippen molar-refractivity contribution < 1.29 is 4.79 Å². The van der Waals surface area contributed by atoms with Gasteiger partial charge in [-0.25, -0.2) is 4.68 Å². The van der Waals surface area contributed by atoms with Crippen LogP contribution in [0.4, 0.5) is 0 Å². The van der Waals surface area contributed by atoms with Gasteiger partial charge < -0.3 is 0 Å². The van der Waals surface area contributed by atoms with Crippen LogP contribution >= 0.6 is 22.6 Å². The minimum atomic E-state index is -0.0521. The van der Waals surface area contributed by atoms with Gasteiger partial charge in [0.15, 0.2) is 11.5 Å². The van der Waals surface area contributed by atoms with E-state index in [0.29, 0.717) is 12.2 Å². The van der Waals surface area contributed by atoms with Gasteiger partial charge in [0.2, 0.25) is 0 Å². The first-order valence-corrected chi connectivity index (χ1v) is 5.90. The number of Topliss-reactive ketones (excluding diaryl/α,β-unsaturated/α-hetero) is 1. The van der Waals surface area contributed by atoms with Gasteiger partial charge in [-0.3, -0.25) is 4.79 Å². The van der Waals surface area contributed by atoms with Crippen molar-refractivity contribution in [1.82, 2.24) is 15.0 Å². The fraction of sp³-hybridized carbons (Fsp3) is 0.182. The Hall–Kier alpha value is -1.24. The molecule has 5 heteroatoms. The first-order chi connectivity index (χ1) is 7.68. The van der Waals surface area contributed by atoms with Crippen molar-refractivity contribution in [2.45, 2.75) is 13.5 Å². The Labute approximate surface area is 107 Å². The molecule has 0 amide bonds. The third-order valence-corrected chi connectivity index (χ3v) is 3.25. The van der Waals surface area contributed by atoms with Crippen LogP contribution in [0.2, 0.25) is 0 Å². The lowest BCUT2D eigenvalue weighted by Crippen LogP contribution is -2.05. The van der Waals surface area contributed by atoms with E-state index in [-0.39, 0.29) is 5.78 Å². The number of halogens is 1. The molecular formula is C11H10IN3O. The quantitative estimate of drug-likeness (QED) is 0.641. The van der Waals surface area contributed by atoms with Crippen molar-refractivity contribution >= 4 is 28.4 Å². The highest BCUT2D eigenvalue weighted by molar-refractivity contribution is 14.1. The Morgan fingerprint density at radius 1 is 1.38 bits per heavy atom. The third kappa shape index (κ3) is 2.29. The summed E-state index contributed by atoms with van der Waals surface area (Å²) in [4.78, 5) is 11.2. The molecule has 0 radical (unpaired) electrons. The number of ketones is 1. The smallest absolute Gasteiger partial charge is 0.182 e. The van der Waals surface area contributed by atoms with Crippen LogP contribution < -0.4 is 0 Å². The third-order valence-electron chi connectivity index (χ3n) is 2.18. The number of aromatic nitrogens is 3. The molecule has 4 nitrogen and oxygen atoms in total. The molecule has 16 heavy (non-hydrogen) atoms. The molecule has 2 rings (SSSR count). The van der Waals surface area contributed by atoms with Gasteiger partial charge in [-0.15, -0.1) is 5.10 Å². The van der Waals surface area contributed by atoms with Crippen LogP contribution in [0.3, 0.4) is 0 Å². The number of benzene rings is 1. The molecule has 0 atom stereocenters. The molecule has 0 aliphatic heterocycles. The highest BCUT2D eigenvalue weighted by Crippen LogP contribution is 2.11. The Kier molecular flexibility index (Phi) is 3.33. The van der Waals surface area contributed by atoms with E-state index < -0.39 is 0 Å². The molecule has 1 heterocycles. The van der Waals surface area contributed by atoms with Crippen LogP contribution in [0, 0.1) is 3.70 Å². The van der Waals surface area contributed by atoms with Gasteiger partial charge >= 0.3 is 0 Å². The van der Waals surface area contributed by atoms with E-state index in [4.69, 9.17) is 0 Å². The summed E-state index contributed by atoms with van der Waals surface area (Å²) in [7, 11) is 0. The van der Waals surface area contributed by atoms with Crippen molar-refractivity contribution in [2.75, 3.05) is 0 Å². The average molecular weight is 327 g/mol. The summed E-state index contributed by atoms with van der Waals surface area (Å²) in [5, 5.41) is 7.84. The molecule has 82 valence electrons. The molecular weight excluding hydrogens is 317 g/mol. The molecule has 0 spiro atoms. The van der Waals surface area contributed by atoms with Gasteiger partial charge in [-0.2, -0.15) is 0 Å². The van der Waals surface area contributed by atoms with Gasteiger partial charge in [0.05, 0.1) is 6.54 Å². The molecule has 0 saturated carbocycles.